The van der Waals surface area contributed by atoms with E-state index < -0.39 is 11.7 Å². The Morgan fingerprint density at radius 2 is 2.32 bits per heavy atom. The van der Waals surface area contributed by atoms with Crippen LogP contribution in [0.1, 0.15) is 15.9 Å². The van der Waals surface area contributed by atoms with E-state index >= 15 is 0 Å². The summed E-state index contributed by atoms with van der Waals surface area (Å²) < 4.78 is 14.5. The Hall–Kier alpha value is -2.37. The Kier molecular flexibility index (Phi) is 3.79. The van der Waals surface area contributed by atoms with Crippen LogP contribution in [0.25, 0.3) is 0 Å². The Morgan fingerprint density at radius 1 is 1.53 bits per heavy atom. The maximum Gasteiger partial charge on any atom is 0.255 e. The van der Waals surface area contributed by atoms with E-state index in [0.717, 1.165) is 17.7 Å². The number of nitrogens with one attached hydrogen (secondary N) is 1. The number of phenolic OH excluding ortho intramolecular Hbond substituents is 1. The summed E-state index contributed by atoms with van der Waals surface area (Å²) in [7, 11) is 0. The molecule has 6 heteroatoms. The predicted molar refractivity (Wildman–Crippen MR) is 67.4 cm³/mol. The number of halogens is 1. The third-order valence-electron chi connectivity index (χ3n) is 2.59. The molecule has 1 heterocycles. The van der Waals surface area contributed by atoms with Crippen molar-refractivity contribution >= 4 is 5.91 Å². The Labute approximate surface area is 109 Å². The first-order valence-electron chi connectivity index (χ1n) is 5.82. The molecule has 0 saturated heterocycles. The maximum absolute atomic E-state index is 12.8. The lowest BCUT2D eigenvalue weighted by atomic mass is 10.2. The monoisotopic (exact) mass is 263 g/mol. The van der Waals surface area contributed by atoms with Crippen molar-refractivity contribution in [3.05, 3.63) is 47.5 Å². The van der Waals surface area contributed by atoms with Crippen LogP contribution in [-0.4, -0.2) is 27.3 Å². The van der Waals surface area contributed by atoms with Gasteiger partial charge in [0.2, 0.25) is 0 Å². The molecule has 0 spiro atoms. The average Bonchev–Trinajstić information content (AvgIpc) is 2.75. The normalized spacial score (nSPS) is 10.4. The van der Waals surface area contributed by atoms with Gasteiger partial charge in [-0.15, -0.1) is 0 Å². The number of amides is 1. The van der Waals surface area contributed by atoms with E-state index in [1.807, 2.05) is 13.1 Å². The SMILES string of the molecule is Cc1cnn(CCNC(=O)c2ccc(F)cc2O)c1. The minimum Gasteiger partial charge on any atom is -0.507 e. The first kappa shape index (κ1) is 13.1. The summed E-state index contributed by atoms with van der Waals surface area (Å²) in [6.45, 7) is 2.83. The molecular formula is C13H14FN3O2. The van der Waals surface area contributed by atoms with Gasteiger partial charge < -0.3 is 10.4 Å². The second kappa shape index (κ2) is 5.51. The summed E-state index contributed by atoms with van der Waals surface area (Å²) in [4.78, 5) is 11.7. The number of phenols is 1. The smallest absolute Gasteiger partial charge is 0.255 e. The first-order chi connectivity index (χ1) is 9.06. The number of benzene rings is 1. The number of carbonyl (C=O) groups is 1. The molecule has 0 unspecified atom stereocenters. The van der Waals surface area contributed by atoms with Crippen LogP contribution in [0.3, 0.4) is 0 Å². The summed E-state index contributed by atoms with van der Waals surface area (Å²) in [5, 5.41) is 16.2. The number of aromatic hydroxyl groups is 1. The fourth-order valence-electron chi connectivity index (χ4n) is 1.67. The molecule has 0 fully saturated rings. The van der Waals surface area contributed by atoms with Crippen molar-refractivity contribution in [2.45, 2.75) is 13.5 Å². The molecule has 100 valence electrons. The summed E-state index contributed by atoms with van der Waals surface area (Å²) in [5.41, 5.74) is 1.10. The zero-order valence-electron chi connectivity index (χ0n) is 10.4. The summed E-state index contributed by atoms with van der Waals surface area (Å²) in [6.07, 6.45) is 3.59. The van der Waals surface area contributed by atoms with Crippen molar-refractivity contribution in [2.75, 3.05) is 6.54 Å². The fourth-order valence-corrected chi connectivity index (χ4v) is 1.67. The molecule has 1 aromatic carbocycles. The highest BCUT2D eigenvalue weighted by atomic mass is 19.1. The standard InChI is InChI=1S/C13H14FN3O2/c1-9-7-16-17(8-9)5-4-15-13(19)11-3-2-10(14)6-12(11)18/h2-3,6-8,18H,4-5H2,1H3,(H,15,19). The van der Waals surface area contributed by atoms with E-state index in [-0.39, 0.29) is 11.3 Å². The van der Waals surface area contributed by atoms with Gasteiger partial charge in [-0.3, -0.25) is 9.48 Å². The molecule has 0 aliphatic rings. The second-order valence-electron chi connectivity index (χ2n) is 4.20. The number of hydrogen-bond acceptors (Lipinski definition) is 3. The molecular weight excluding hydrogens is 249 g/mol. The van der Waals surface area contributed by atoms with Gasteiger partial charge in [0.25, 0.3) is 5.91 Å². The predicted octanol–water partition coefficient (Wildman–Crippen LogP) is 1.47. The van der Waals surface area contributed by atoms with Crippen LogP contribution < -0.4 is 5.32 Å². The summed E-state index contributed by atoms with van der Waals surface area (Å²) in [5.74, 6) is -1.39. The third kappa shape index (κ3) is 3.31. The number of rotatable bonds is 4. The molecule has 5 nitrogen and oxygen atoms in total. The van der Waals surface area contributed by atoms with Gasteiger partial charge in [0.15, 0.2) is 0 Å². The van der Waals surface area contributed by atoms with E-state index in [0.29, 0.717) is 13.1 Å². The van der Waals surface area contributed by atoms with Crippen LogP contribution in [0.15, 0.2) is 30.6 Å². The number of aromatic nitrogens is 2. The van der Waals surface area contributed by atoms with E-state index in [1.165, 1.54) is 6.07 Å². The highest BCUT2D eigenvalue weighted by molar-refractivity contribution is 5.96. The van der Waals surface area contributed by atoms with Crippen LogP contribution >= 0.6 is 0 Å². The van der Waals surface area contributed by atoms with E-state index in [1.54, 1.807) is 10.9 Å². The molecule has 2 aromatic rings. The van der Waals surface area contributed by atoms with Crippen molar-refractivity contribution in [1.82, 2.24) is 15.1 Å². The van der Waals surface area contributed by atoms with Crippen LogP contribution in [0.4, 0.5) is 4.39 Å². The molecule has 1 amide bonds. The fraction of sp³-hybridized carbons (Fsp3) is 0.231. The van der Waals surface area contributed by atoms with Crippen molar-refractivity contribution < 1.29 is 14.3 Å². The molecule has 2 rings (SSSR count). The van der Waals surface area contributed by atoms with E-state index in [4.69, 9.17) is 0 Å². The van der Waals surface area contributed by atoms with Crippen molar-refractivity contribution in [2.24, 2.45) is 0 Å². The highest BCUT2D eigenvalue weighted by Crippen LogP contribution is 2.17. The van der Waals surface area contributed by atoms with Gasteiger partial charge in [-0.2, -0.15) is 5.10 Å². The molecule has 1 aromatic heterocycles. The highest BCUT2D eigenvalue weighted by Gasteiger charge is 2.11. The Balaban J connectivity index is 1.90. The molecule has 0 aliphatic carbocycles. The minimum atomic E-state index is -0.582. The van der Waals surface area contributed by atoms with Crippen molar-refractivity contribution in [1.29, 1.82) is 0 Å². The molecule has 0 radical (unpaired) electrons. The molecule has 19 heavy (non-hydrogen) atoms. The van der Waals surface area contributed by atoms with Gasteiger partial charge >= 0.3 is 0 Å². The maximum atomic E-state index is 12.8. The van der Waals surface area contributed by atoms with Crippen LogP contribution in [0, 0.1) is 12.7 Å². The summed E-state index contributed by atoms with van der Waals surface area (Å²) >= 11 is 0. The van der Waals surface area contributed by atoms with Crippen LogP contribution in [0.5, 0.6) is 5.75 Å². The molecule has 0 aliphatic heterocycles. The lowest BCUT2D eigenvalue weighted by molar-refractivity contribution is 0.0949. The van der Waals surface area contributed by atoms with Gasteiger partial charge in [0, 0.05) is 18.8 Å². The Bertz CT molecular complexity index is 595. The largest absolute Gasteiger partial charge is 0.507 e. The second-order valence-corrected chi connectivity index (χ2v) is 4.20. The van der Waals surface area contributed by atoms with Gasteiger partial charge in [-0.25, -0.2) is 4.39 Å². The number of carbonyl (C=O) groups excluding carboxylic acids is 1. The quantitative estimate of drug-likeness (QED) is 0.877. The molecule has 0 saturated carbocycles. The third-order valence-corrected chi connectivity index (χ3v) is 2.59. The molecule has 2 N–H and O–H groups in total. The van der Waals surface area contributed by atoms with E-state index in [2.05, 4.69) is 10.4 Å². The lowest BCUT2D eigenvalue weighted by Crippen LogP contribution is -2.27. The average molecular weight is 263 g/mol. The van der Waals surface area contributed by atoms with E-state index in [9.17, 15) is 14.3 Å². The molecule has 0 atom stereocenters. The van der Waals surface area contributed by atoms with Crippen LogP contribution in [-0.2, 0) is 6.54 Å². The zero-order valence-corrected chi connectivity index (χ0v) is 10.4. The van der Waals surface area contributed by atoms with Crippen LogP contribution in [0.2, 0.25) is 0 Å². The van der Waals surface area contributed by atoms with Gasteiger partial charge in [-0.1, -0.05) is 0 Å². The van der Waals surface area contributed by atoms with Gasteiger partial charge in [0.1, 0.15) is 11.6 Å². The number of hydrogen-bond donors (Lipinski definition) is 2. The van der Waals surface area contributed by atoms with Gasteiger partial charge in [-0.05, 0) is 24.6 Å². The number of aryl methyl sites for hydroxylation is 1. The lowest BCUT2D eigenvalue weighted by Gasteiger charge is -2.07. The van der Waals surface area contributed by atoms with Crippen molar-refractivity contribution in [3.63, 3.8) is 0 Å². The topological polar surface area (TPSA) is 67.2 Å². The first-order valence-corrected chi connectivity index (χ1v) is 5.82. The Morgan fingerprint density at radius 3 is 2.95 bits per heavy atom. The minimum absolute atomic E-state index is 0.0537. The summed E-state index contributed by atoms with van der Waals surface area (Å²) in [6, 6.07) is 3.29. The van der Waals surface area contributed by atoms with Crippen molar-refractivity contribution in [3.8, 4) is 5.75 Å². The van der Waals surface area contributed by atoms with Gasteiger partial charge in [0.05, 0.1) is 18.3 Å². The zero-order chi connectivity index (χ0) is 13.8. The number of nitrogens with zero attached hydrogens (tertiary/aromatic N) is 2. The molecule has 0 bridgehead atoms.